The Hall–Kier alpha value is -3.75. The van der Waals surface area contributed by atoms with Crippen LogP contribution in [0.5, 0.6) is 0 Å². The Labute approximate surface area is 227 Å². The van der Waals surface area contributed by atoms with Crippen LogP contribution in [0.2, 0.25) is 0 Å². The van der Waals surface area contributed by atoms with Gasteiger partial charge in [-0.05, 0) is 75.1 Å². The van der Waals surface area contributed by atoms with E-state index in [1.807, 2.05) is 0 Å². The number of hydrogen-bond donors (Lipinski definition) is 1. The third kappa shape index (κ3) is 8.13. The predicted molar refractivity (Wildman–Crippen MR) is 158 cm³/mol. The average Bonchev–Trinajstić information content (AvgIpc) is 2.85. The lowest BCUT2D eigenvalue weighted by molar-refractivity contribution is -0.302. The van der Waals surface area contributed by atoms with E-state index < -0.39 is 19.2 Å². The maximum Gasteiger partial charge on any atom is 0.300 e. The van der Waals surface area contributed by atoms with E-state index in [0.29, 0.717) is 0 Å². The summed E-state index contributed by atoms with van der Waals surface area (Å²) < 4.78 is 0. The highest BCUT2D eigenvalue weighted by molar-refractivity contribution is 7.95. The molecule has 4 rings (SSSR count). The Morgan fingerprint density at radius 1 is 0.632 bits per heavy atom. The van der Waals surface area contributed by atoms with Gasteiger partial charge < -0.3 is 15.0 Å². The van der Waals surface area contributed by atoms with Crippen LogP contribution < -0.4 is 21.0 Å². The van der Waals surface area contributed by atoms with Crippen LogP contribution in [0.4, 0.5) is 0 Å². The number of carbonyl (C=O) groups excluding carboxylic acids is 1. The number of benzene rings is 4. The Morgan fingerprint density at radius 2 is 0.921 bits per heavy atom. The molecule has 0 radical (unpaired) electrons. The fraction of sp³-hybridized carbons (Fsp3) is 0.212. The van der Waals surface area contributed by atoms with Crippen LogP contribution in [0, 0.1) is 27.7 Å². The number of carboxylic acids is 2. The Balaban J connectivity index is 0.000000559. The monoisotopic (exact) mass is 528 g/mol. The highest BCUT2D eigenvalue weighted by Gasteiger charge is 2.48. The summed E-state index contributed by atoms with van der Waals surface area (Å²) >= 11 is 0. The average molecular weight is 529 g/mol. The maximum absolute atomic E-state index is 9.00. The molecule has 0 aromatic heterocycles. The van der Waals surface area contributed by atoms with E-state index in [1.165, 1.54) is 43.7 Å². The van der Waals surface area contributed by atoms with Gasteiger partial charge in [0, 0.05) is 12.9 Å². The molecule has 0 aliphatic rings. The molecule has 5 heteroatoms. The smallest absolute Gasteiger partial charge is 0.300 e. The van der Waals surface area contributed by atoms with Gasteiger partial charge in [0.2, 0.25) is 0 Å². The molecule has 198 valence electrons. The minimum absolute atomic E-state index is 0.833. The van der Waals surface area contributed by atoms with Crippen LogP contribution in [0.25, 0.3) is 0 Å². The first-order chi connectivity index (χ1) is 18.0. The second kappa shape index (κ2) is 14.3. The molecule has 0 atom stereocenters. The van der Waals surface area contributed by atoms with Gasteiger partial charge in [0.25, 0.3) is 5.97 Å². The summed E-state index contributed by atoms with van der Waals surface area (Å²) in [6.45, 7) is 11.0. The van der Waals surface area contributed by atoms with Gasteiger partial charge in [-0.1, -0.05) is 84.4 Å². The summed E-state index contributed by atoms with van der Waals surface area (Å²) in [7, 11) is -1.90. The molecule has 0 spiro atoms. The number of rotatable bonds is 5. The SMILES string of the molecule is CC(=O)O.CC(=O)[O-].Cc1ccc(C[P+](c2ccccc2C)(c2ccccc2C)c2ccccc2C)cc1. The van der Waals surface area contributed by atoms with E-state index in [0.717, 1.165) is 20.0 Å². The summed E-state index contributed by atoms with van der Waals surface area (Å²) in [6, 6.07) is 36.2. The summed E-state index contributed by atoms with van der Waals surface area (Å²) in [5.41, 5.74) is 6.85. The summed E-state index contributed by atoms with van der Waals surface area (Å²) in [4.78, 5) is 17.9. The molecule has 4 aromatic carbocycles. The van der Waals surface area contributed by atoms with Crippen LogP contribution in [0.3, 0.4) is 0 Å². The van der Waals surface area contributed by atoms with Crippen molar-refractivity contribution >= 4 is 35.1 Å². The maximum atomic E-state index is 9.00. The second-order valence-electron chi connectivity index (χ2n) is 9.32. The van der Waals surface area contributed by atoms with Gasteiger partial charge in [-0.3, -0.25) is 4.79 Å². The first-order valence-corrected chi connectivity index (χ1v) is 14.5. The topological polar surface area (TPSA) is 77.4 Å². The number of aliphatic carboxylic acids is 2. The molecule has 1 N–H and O–H groups in total. The lowest BCUT2D eigenvalue weighted by Gasteiger charge is -2.31. The second-order valence-corrected chi connectivity index (χ2v) is 12.7. The van der Waals surface area contributed by atoms with E-state index >= 15 is 0 Å². The zero-order chi connectivity index (χ0) is 28.3. The van der Waals surface area contributed by atoms with Gasteiger partial charge in [-0.15, -0.1) is 0 Å². The standard InChI is InChI=1S/C29H30P.2C2H4O2/c1-22-17-19-26(20-18-22)21-30(27-14-8-5-11-23(27)2,28-15-9-6-12-24(28)3)29-16-10-7-13-25(29)4;2*1-2(3)4/h5-20H,21H2,1-4H3;2*1H3,(H,3,4)/q+1;;/p-1. The van der Waals surface area contributed by atoms with E-state index in [1.54, 1.807) is 0 Å². The molecule has 4 nitrogen and oxygen atoms in total. The highest BCUT2D eigenvalue weighted by Crippen LogP contribution is 2.60. The van der Waals surface area contributed by atoms with Crippen molar-refractivity contribution in [1.29, 1.82) is 0 Å². The molecule has 0 saturated heterocycles. The molecule has 0 aliphatic carbocycles. The molecule has 0 fully saturated rings. The van der Waals surface area contributed by atoms with Gasteiger partial charge in [0.1, 0.15) is 23.2 Å². The third-order valence-electron chi connectivity index (χ3n) is 6.12. The molecular weight excluding hydrogens is 491 g/mol. The zero-order valence-corrected chi connectivity index (χ0v) is 24.0. The fourth-order valence-corrected chi connectivity index (χ4v) is 9.69. The fourth-order valence-electron chi connectivity index (χ4n) is 4.59. The Kier molecular flexibility index (Phi) is 11.4. The van der Waals surface area contributed by atoms with E-state index in [9.17, 15) is 0 Å². The van der Waals surface area contributed by atoms with Crippen LogP contribution in [0.1, 0.15) is 41.7 Å². The van der Waals surface area contributed by atoms with Gasteiger partial charge in [0.05, 0.1) is 6.16 Å². The van der Waals surface area contributed by atoms with E-state index in [4.69, 9.17) is 19.8 Å². The molecule has 0 aliphatic heterocycles. The van der Waals surface area contributed by atoms with E-state index in [2.05, 4.69) is 125 Å². The number of aryl methyl sites for hydroxylation is 4. The van der Waals surface area contributed by atoms with E-state index in [-0.39, 0.29) is 0 Å². The van der Waals surface area contributed by atoms with Crippen molar-refractivity contribution in [2.24, 2.45) is 0 Å². The molecule has 4 aromatic rings. The quantitative estimate of drug-likeness (QED) is 0.359. The first-order valence-electron chi connectivity index (χ1n) is 12.5. The van der Waals surface area contributed by atoms with Crippen molar-refractivity contribution in [3.63, 3.8) is 0 Å². The van der Waals surface area contributed by atoms with Gasteiger partial charge in [0.15, 0.2) is 0 Å². The lowest BCUT2D eigenvalue weighted by Crippen LogP contribution is -2.36. The van der Waals surface area contributed by atoms with Crippen molar-refractivity contribution in [2.45, 2.75) is 47.7 Å². The molecule has 0 bridgehead atoms. The van der Waals surface area contributed by atoms with Crippen molar-refractivity contribution in [1.82, 2.24) is 0 Å². The predicted octanol–water partition coefficient (Wildman–Crippen LogP) is 5.26. The number of carboxylic acid groups (broad SMARTS) is 2. The van der Waals surface area contributed by atoms with Crippen LogP contribution >= 0.6 is 7.26 Å². The molecule has 0 amide bonds. The van der Waals surface area contributed by atoms with Crippen molar-refractivity contribution in [3.05, 3.63) is 125 Å². The van der Waals surface area contributed by atoms with Gasteiger partial charge in [-0.25, -0.2) is 0 Å². The normalized spacial score (nSPS) is 10.4. The summed E-state index contributed by atoms with van der Waals surface area (Å²) in [5.74, 6) is -1.92. The van der Waals surface area contributed by atoms with Gasteiger partial charge in [-0.2, -0.15) is 0 Å². The zero-order valence-electron chi connectivity index (χ0n) is 23.1. The Bertz CT molecular complexity index is 1230. The minimum Gasteiger partial charge on any atom is -0.550 e. The minimum atomic E-state index is -1.90. The molecular formula is C33H37O4P. The summed E-state index contributed by atoms with van der Waals surface area (Å²) in [5, 5.41) is 20.8. The number of hydrogen-bond acceptors (Lipinski definition) is 3. The van der Waals surface area contributed by atoms with Gasteiger partial charge >= 0.3 is 0 Å². The molecule has 0 unspecified atom stereocenters. The highest BCUT2D eigenvalue weighted by atomic mass is 31.2. The van der Waals surface area contributed by atoms with Crippen molar-refractivity contribution in [3.8, 4) is 0 Å². The van der Waals surface area contributed by atoms with Crippen molar-refractivity contribution in [2.75, 3.05) is 0 Å². The molecule has 0 saturated carbocycles. The largest absolute Gasteiger partial charge is 0.550 e. The Morgan fingerprint density at radius 3 is 1.21 bits per heavy atom. The van der Waals surface area contributed by atoms with Crippen LogP contribution in [-0.4, -0.2) is 17.0 Å². The molecule has 0 heterocycles. The third-order valence-corrected chi connectivity index (χ3v) is 10.9. The van der Waals surface area contributed by atoms with Crippen LogP contribution in [-0.2, 0) is 15.8 Å². The molecule has 38 heavy (non-hydrogen) atoms. The lowest BCUT2D eigenvalue weighted by atomic mass is 10.2. The number of carbonyl (C=O) groups is 2. The van der Waals surface area contributed by atoms with Crippen LogP contribution in [0.15, 0.2) is 97.1 Å². The van der Waals surface area contributed by atoms with Crippen molar-refractivity contribution < 1.29 is 19.8 Å². The summed E-state index contributed by atoms with van der Waals surface area (Å²) in [6.07, 6.45) is 1.04. The first kappa shape index (κ1) is 30.5.